The Morgan fingerprint density at radius 2 is 1.15 bits per heavy atom. The molecule has 1 amide bonds. The Kier molecular flexibility index (Phi) is 9.01. The quantitative estimate of drug-likeness (QED) is 0.194. The van der Waals surface area contributed by atoms with E-state index in [2.05, 4.69) is 37.2 Å². The molecule has 6 aromatic carbocycles. The summed E-state index contributed by atoms with van der Waals surface area (Å²) in [7, 11) is 0. The van der Waals surface area contributed by atoms with E-state index in [1.807, 2.05) is 163 Å². The highest BCUT2D eigenvalue weighted by molar-refractivity contribution is 9.10. The van der Waals surface area contributed by atoms with E-state index in [9.17, 15) is 9.59 Å². The van der Waals surface area contributed by atoms with Gasteiger partial charge < -0.3 is 5.32 Å². The minimum Gasteiger partial charge on any atom is -0.360 e. The van der Waals surface area contributed by atoms with Gasteiger partial charge >= 0.3 is 0 Å². The third-order valence-electron chi connectivity index (χ3n) is 8.04. The van der Waals surface area contributed by atoms with Gasteiger partial charge in [-0.3, -0.25) is 19.1 Å². The maximum atomic E-state index is 13.1. The summed E-state index contributed by atoms with van der Waals surface area (Å²) in [6.45, 7) is 0. The van der Waals surface area contributed by atoms with Crippen LogP contribution in [0.25, 0.3) is 28.0 Å². The van der Waals surface area contributed by atoms with E-state index < -0.39 is 0 Å². The average molecular weight is 756 g/mol. The molecule has 0 bridgehead atoms. The topological polar surface area (TPSA) is 67.2 Å². The van der Waals surface area contributed by atoms with Crippen LogP contribution in [-0.4, -0.2) is 15.5 Å². The first-order valence-electron chi connectivity index (χ1n) is 15.3. The largest absolute Gasteiger partial charge is 0.360 e. The number of para-hydroxylation sites is 4. The molecule has 8 heteroatoms. The van der Waals surface area contributed by atoms with Crippen molar-refractivity contribution in [1.82, 2.24) is 9.55 Å². The SMILES string of the molecule is O=C1c2ccccc2NC(c2ccc(Br)cc2)N1c1ccccc1.O=c1c2ccccc2nc(-c2ccc(Br)cc2)n1-c1ccccc1. The zero-order valence-corrected chi connectivity index (χ0v) is 28.7. The lowest BCUT2D eigenvalue weighted by molar-refractivity contribution is 0.0975. The minimum absolute atomic E-state index is 0.00321. The Morgan fingerprint density at radius 1 is 0.583 bits per heavy atom. The molecule has 48 heavy (non-hydrogen) atoms. The number of amides is 1. The van der Waals surface area contributed by atoms with Crippen molar-refractivity contribution < 1.29 is 4.79 Å². The Bertz CT molecular complexity index is 2270. The summed E-state index contributed by atoms with van der Waals surface area (Å²) in [5.41, 5.74) is 5.79. The van der Waals surface area contributed by atoms with Gasteiger partial charge in [-0.25, -0.2) is 4.98 Å². The van der Waals surface area contributed by atoms with Gasteiger partial charge in [0.25, 0.3) is 11.5 Å². The Balaban J connectivity index is 0.000000152. The van der Waals surface area contributed by atoms with Crippen LogP contribution in [0.5, 0.6) is 0 Å². The summed E-state index contributed by atoms with van der Waals surface area (Å²) in [4.78, 5) is 32.8. The first-order valence-corrected chi connectivity index (χ1v) is 16.9. The number of nitrogens with zero attached hydrogens (tertiary/aromatic N) is 3. The molecule has 2 heterocycles. The maximum absolute atomic E-state index is 13.1. The number of hydrogen-bond acceptors (Lipinski definition) is 4. The molecule has 6 nitrogen and oxygen atoms in total. The number of aromatic nitrogens is 2. The Labute approximate surface area is 294 Å². The van der Waals surface area contributed by atoms with Crippen molar-refractivity contribution in [2.75, 3.05) is 10.2 Å². The van der Waals surface area contributed by atoms with Crippen LogP contribution in [0.3, 0.4) is 0 Å². The van der Waals surface area contributed by atoms with Gasteiger partial charge in [0.05, 0.1) is 22.2 Å². The number of fused-ring (bicyclic) bond motifs is 2. The molecule has 0 radical (unpaired) electrons. The summed E-state index contributed by atoms with van der Waals surface area (Å²) >= 11 is 6.91. The first kappa shape index (κ1) is 31.3. The van der Waals surface area contributed by atoms with E-state index in [-0.39, 0.29) is 17.6 Å². The lowest BCUT2D eigenvalue weighted by atomic mass is 10.0. The lowest BCUT2D eigenvalue weighted by Crippen LogP contribution is -2.43. The van der Waals surface area contributed by atoms with E-state index in [1.54, 1.807) is 4.57 Å². The van der Waals surface area contributed by atoms with Gasteiger partial charge in [-0.05, 0) is 78.4 Å². The molecular weight excluding hydrogens is 728 g/mol. The summed E-state index contributed by atoms with van der Waals surface area (Å²) in [5.74, 6) is 0.640. The first-order chi connectivity index (χ1) is 23.5. The molecule has 7 aromatic rings. The van der Waals surface area contributed by atoms with Crippen LogP contribution < -0.4 is 15.8 Å². The van der Waals surface area contributed by atoms with Gasteiger partial charge in [-0.1, -0.05) is 117 Å². The minimum atomic E-state index is -0.247. The number of halogens is 2. The second kappa shape index (κ2) is 13.8. The lowest BCUT2D eigenvalue weighted by Gasteiger charge is -2.38. The van der Waals surface area contributed by atoms with Crippen molar-refractivity contribution in [3.63, 3.8) is 0 Å². The third kappa shape index (κ3) is 6.32. The summed E-state index contributed by atoms with van der Waals surface area (Å²) in [5, 5.41) is 4.11. The third-order valence-corrected chi connectivity index (χ3v) is 9.10. The van der Waals surface area contributed by atoms with Crippen LogP contribution >= 0.6 is 31.9 Å². The molecule has 0 saturated carbocycles. The van der Waals surface area contributed by atoms with Gasteiger partial charge in [0.1, 0.15) is 12.0 Å². The fourth-order valence-electron chi connectivity index (χ4n) is 5.73. The number of carbonyl (C=O) groups excluding carboxylic acids is 1. The van der Waals surface area contributed by atoms with Crippen molar-refractivity contribution in [1.29, 1.82) is 0 Å². The average Bonchev–Trinajstić information content (AvgIpc) is 3.13. The van der Waals surface area contributed by atoms with Crippen LogP contribution in [0.1, 0.15) is 22.1 Å². The molecule has 0 spiro atoms. The summed E-state index contributed by atoms with van der Waals surface area (Å²) in [6.07, 6.45) is -0.247. The molecule has 8 rings (SSSR count). The molecule has 1 unspecified atom stereocenters. The van der Waals surface area contributed by atoms with Gasteiger partial charge in [0.2, 0.25) is 0 Å². The predicted octanol–water partition coefficient (Wildman–Crippen LogP) is 10.0. The highest BCUT2D eigenvalue weighted by Crippen LogP contribution is 2.36. The van der Waals surface area contributed by atoms with Gasteiger partial charge in [-0.2, -0.15) is 0 Å². The Morgan fingerprint density at radius 3 is 1.83 bits per heavy atom. The zero-order chi connectivity index (χ0) is 33.0. The molecule has 0 aliphatic carbocycles. The molecule has 1 aliphatic rings. The molecule has 1 aliphatic heterocycles. The fourth-order valence-corrected chi connectivity index (χ4v) is 6.26. The number of rotatable bonds is 4. The standard InChI is InChI=1S/C20H15BrN2O.C20H13BrN2O/c2*21-15-12-10-14(11-13-15)19-22-18-9-5-4-8-17(18)20(24)23(19)16-6-2-1-3-7-16/h1-13,19,22H;1-13H. The number of anilines is 2. The Hall–Kier alpha value is -5.31. The highest BCUT2D eigenvalue weighted by atomic mass is 79.9. The van der Waals surface area contributed by atoms with Crippen molar-refractivity contribution in [2.45, 2.75) is 6.17 Å². The van der Waals surface area contributed by atoms with Gasteiger partial charge in [0, 0.05) is 25.9 Å². The summed E-state index contributed by atoms with van der Waals surface area (Å²) < 4.78 is 3.67. The molecule has 1 aromatic heterocycles. The second-order valence-corrected chi connectivity index (χ2v) is 12.9. The molecule has 0 saturated heterocycles. The van der Waals surface area contributed by atoms with Crippen molar-refractivity contribution in [3.8, 4) is 17.1 Å². The van der Waals surface area contributed by atoms with E-state index in [1.165, 1.54) is 0 Å². The smallest absolute Gasteiger partial charge is 0.266 e. The predicted molar refractivity (Wildman–Crippen MR) is 201 cm³/mol. The number of nitrogens with one attached hydrogen (secondary N) is 1. The zero-order valence-electron chi connectivity index (χ0n) is 25.5. The van der Waals surface area contributed by atoms with Crippen LogP contribution in [0.4, 0.5) is 11.4 Å². The van der Waals surface area contributed by atoms with Crippen LogP contribution in [0, 0.1) is 0 Å². The molecule has 1 N–H and O–H groups in total. The normalized spacial score (nSPS) is 13.7. The van der Waals surface area contributed by atoms with E-state index >= 15 is 0 Å². The van der Waals surface area contributed by atoms with Crippen LogP contribution in [0.15, 0.2) is 171 Å². The van der Waals surface area contributed by atoms with Crippen molar-refractivity contribution in [2.24, 2.45) is 0 Å². The molecule has 234 valence electrons. The number of carbonyl (C=O) groups is 1. The van der Waals surface area contributed by atoms with E-state index in [0.717, 1.165) is 37.1 Å². The number of benzene rings is 6. The second-order valence-electron chi connectivity index (χ2n) is 11.1. The highest BCUT2D eigenvalue weighted by Gasteiger charge is 2.33. The van der Waals surface area contributed by atoms with Gasteiger partial charge in [0.15, 0.2) is 0 Å². The molecule has 1 atom stereocenters. The van der Waals surface area contributed by atoms with Crippen LogP contribution in [0.2, 0.25) is 0 Å². The molecule has 0 fully saturated rings. The maximum Gasteiger partial charge on any atom is 0.266 e. The van der Waals surface area contributed by atoms with Crippen LogP contribution in [-0.2, 0) is 0 Å². The summed E-state index contributed by atoms with van der Waals surface area (Å²) in [6, 6.07) is 50.3. The van der Waals surface area contributed by atoms with E-state index in [4.69, 9.17) is 4.98 Å². The monoisotopic (exact) mass is 754 g/mol. The van der Waals surface area contributed by atoms with Gasteiger partial charge in [-0.15, -0.1) is 0 Å². The fraction of sp³-hybridized carbons (Fsp3) is 0.0250. The number of hydrogen-bond donors (Lipinski definition) is 1. The van der Waals surface area contributed by atoms with Crippen molar-refractivity contribution >= 4 is 60.0 Å². The van der Waals surface area contributed by atoms with E-state index in [0.29, 0.717) is 22.3 Å². The molecular formula is C40H28Br2N4O2. The van der Waals surface area contributed by atoms with Crippen molar-refractivity contribution in [3.05, 3.63) is 188 Å².